The van der Waals surface area contributed by atoms with Gasteiger partial charge in [0.25, 0.3) is 5.91 Å². The number of fused-ring (bicyclic) bond motifs is 2. The molecule has 2 aliphatic rings. The van der Waals surface area contributed by atoms with Crippen molar-refractivity contribution in [3.63, 3.8) is 0 Å². The van der Waals surface area contributed by atoms with Gasteiger partial charge >= 0.3 is 0 Å². The van der Waals surface area contributed by atoms with E-state index in [4.69, 9.17) is 5.73 Å². The van der Waals surface area contributed by atoms with E-state index >= 15 is 0 Å². The molecule has 1 heterocycles. The molecule has 2 bridgehead atoms. The molecule has 0 radical (unpaired) electrons. The lowest BCUT2D eigenvalue weighted by Crippen LogP contribution is -2.34. The Morgan fingerprint density at radius 2 is 2.35 bits per heavy atom. The third-order valence-electron chi connectivity index (χ3n) is 4.87. The highest BCUT2D eigenvalue weighted by Crippen LogP contribution is 2.48. The molecule has 2 N–H and O–H groups in total. The molecule has 1 amide bonds. The lowest BCUT2D eigenvalue weighted by atomic mass is 9.88. The predicted molar refractivity (Wildman–Crippen MR) is 80.6 cm³/mol. The molecule has 3 rings (SSSR count). The zero-order chi connectivity index (χ0) is 14.3. The standard InChI is InChI=1S/C15H23N3OS/c1-9(16)14-17-13(8-20-14)15(19)18(2)7-12-6-10-3-4-11(12)5-10/h8-12H,3-7,16H2,1-2H3. The smallest absolute Gasteiger partial charge is 0.273 e. The molecule has 0 saturated heterocycles. The summed E-state index contributed by atoms with van der Waals surface area (Å²) in [5.41, 5.74) is 6.35. The van der Waals surface area contributed by atoms with Crippen LogP contribution in [0.15, 0.2) is 5.38 Å². The Balaban J connectivity index is 1.61. The van der Waals surface area contributed by atoms with Crippen molar-refractivity contribution in [2.75, 3.05) is 13.6 Å². The van der Waals surface area contributed by atoms with Gasteiger partial charge in [-0.15, -0.1) is 11.3 Å². The van der Waals surface area contributed by atoms with Crippen LogP contribution in [0.2, 0.25) is 0 Å². The average molecular weight is 293 g/mol. The molecule has 0 spiro atoms. The monoisotopic (exact) mass is 293 g/mol. The maximum Gasteiger partial charge on any atom is 0.273 e. The van der Waals surface area contributed by atoms with E-state index in [9.17, 15) is 4.79 Å². The zero-order valence-corrected chi connectivity index (χ0v) is 13.0. The van der Waals surface area contributed by atoms with Gasteiger partial charge in [-0.3, -0.25) is 4.79 Å². The summed E-state index contributed by atoms with van der Waals surface area (Å²) >= 11 is 1.47. The van der Waals surface area contributed by atoms with E-state index in [2.05, 4.69) is 4.98 Å². The van der Waals surface area contributed by atoms with Crippen molar-refractivity contribution in [2.45, 2.75) is 38.6 Å². The van der Waals surface area contributed by atoms with E-state index in [1.54, 1.807) is 0 Å². The molecule has 1 aromatic heterocycles. The fourth-order valence-corrected chi connectivity index (χ4v) is 4.58. The van der Waals surface area contributed by atoms with Crippen molar-refractivity contribution in [1.29, 1.82) is 0 Å². The molecular weight excluding hydrogens is 270 g/mol. The van der Waals surface area contributed by atoms with Gasteiger partial charge in [-0.25, -0.2) is 4.98 Å². The second-order valence-electron chi connectivity index (χ2n) is 6.48. The second-order valence-corrected chi connectivity index (χ2v) is 7.37. The van der Waals surface area contributed by atoms with Crippen LogP contribution >= 0.6 is 11.3 Å². The molecule has 20 heavy (non-hydrogen) atoms. The van der Waals surface area contributed by atoms with Crippen LogP contribution in [-0.2, 0) is 0 Å². The first kappa shape index (κ1) is 14.0. The Kier molecular flexibility index (Phi) is 3.82. The number of rotatable bonds is 4. The number of carbonyl (C=O) groups is 1. The molecule has 110 valence electrons. The fraction of sp³-hybridized carbons (Fsp3) is 0.733. The van der Waals surface area contributed by atoms with Crippen LogP contribution in [0, 0.1) is 17.8 Å². The summed E-state index contributed by atoms with van der Waals surface area (Å²) in [7, 11) is 1.90. The molecule has 0 aliphatic heterocycles. The highest BCUT2D eigenvalue weighted by Gasteiger charge is 2.40. The van der Waals surface area contributed by atoms with E-state index < -0.39 is 0 Å². The molecule has 0 aromatic carbocycles. The van der Waals surface area contributed by atoms with E-state index in [0.29, 0.717) is 11.6 Å². The molecule has 4 atom stereocenters. The summed E-state index contributed by atoms with van der Waals surface area (Å²) in [6.45, 7) is 2.77. The van der Waals surface area contributed by atoms with E-state index in [0.717, 1.165) is 23.4 Å². The van der Waals surface area contributed by atoms with Crippen LogP contribution in [0.3, 0.4) is 0 Å². The minimum atomic E-state index is -0.0996. The molecule has 2 fully saturated rings. The van der Waals surface area contributed by atoms with Crippen LogP contribution in [-0.4, -0.2) is 29.4 Å². The summed E-state index contributed by atoms with van der Waals surface area (Å²) < 4.78 is 0. The molecule has 2 saturated carbocycles. The van der Waals surface area contributed by atoms with E-state index in [1.807, 2.05) is 24.3 Å². The Morgan fingerprint density at radius 3 is 2.90 bits per heavy atom. The Morgan fingerprint density at radius 1 is 1.55 bits per heavy atom. The Bertz CT molecular complexity index is 499. The Hall–Kier alpha value is -0.940. The van der Waals surface area contributed by atoms with Crippen LogP contribution in [0.5, 0.6) is 0 Å². The van der Waals surface area contributed by atoms with Crippen molar-refractivity contribution in [2.24, 2.45) is 23.5 Å². The summed E-state index contributed by atoms with van der Waals surface area (Å²) in [6, 6.07) is -0.0996. The van der Waals surface area contributed by atoms with Crippen LogP contribution in [0.1, 0.15) is 54.1 Å². The van der Waals surface area contributed by atoms with Gasteiger partial charge in [-0.05, 0) is 43.9 Å². The summed E-state index contributed by atoms with van der Waals surface area (Å²) in [5, 5.41) is 2.67. The number of thiazole rings is 1. The van der Waals surface area contributed by atoms with Gasteiger partial charge in [-0.1, -0.05) is 6.42 Å². The summed E-state index contributed by atoms with van der Waals surface area (Å²) in [4.78, 5) is 18.6. The molecular formula is C15H23N3OS. The molecule has 5 heteroatoms. The van der Waals surface area contributed by atoms with Crippen molar-refractivity contribution in [3.05, 3.63) is 16.1 Å². The quantitative estimate of drug-likeness (QED) is 0.928. The van der Waals surface area contributed by atoms with Crippen molar-refractivity contribution < 1.29 is 4.79 Å². The lowest BCUT2D eigenvalue weighted by Gasteiger charge is -2.26. The predicted octanol–water partition coefficient (Wildman–Crippen LogP) is 2.67. The van der Waals surface area contributed by atoms with Crippen LogP contribution in [0.4, 0.5) is 0 Å². The summed E-state index contributed by atoms with van der Waals surface area (Å²) in [6.07, 6.45) is 5.47. The first-order valence-electron chi connectivity index (χ1n) is 7.51. The first-order chi connectivity index (χ1) is 9.54. The van der Waals surface area contributed by atoms with Gasteiger partial charge in [0.1, 0.15) is 10.7 Å². The highest BCUT2D eigenvalue weighted by molar-refractivity contribution is 7.09. The van der Waals surface area contributed by atoms with E-state index in [-0.39, 0.29) is 11.9 Å². The number of amides is 1. The van der Waals surface area contributed by atoms with E-state index in [1.165, 1.54) is 37.0 Å². The average Bonchev–Trinajstić information content (AvgIpc) is 3.13. The molecule has 1 aromatic rings. The molecule has 2 aliphatic carbocycles. The summed E-state index contributed by atoms with van der Waals surface area (Å²) in [5.74, 6) is 2.52. The van der Waals surface area contributed by atoms with Gasteiger partial charge in [0.2, 0.25) is 0 Å². The maximum atomic E-state index is 12.4. The van der Waals surface area contributed by atoms with Gasteiger partial charge in [0.15, 0.2) is 0 Å². The topological polar surface area (TPSA) is 59.2 Å². The number of carbonyl (C=O) groups excluding carboxylic acids is 1. The van der Waals surface area contributed by atoms with Crippen molar-refractivity contribution in [1.82, 2.24) is 9.88 Å². The largest absolute Gasteiger partial charge is 0.340 e. The third-order valence-corrected chi connectivity index (χ3v) is 5.92. The minimum absolute atomic E-state index is 0.0379. The van der Waals surface area contributed by atoms with Crippen molar-refractivity contribution in [3.8, 4) is 0 Å². The van der Waals surface area contributed by atoms with Crippen LogP contribution < -0.4 is 5.73 Å². The van der Waals surface area contributed by atoms with Crippen molar-refractivity contribution >= 4 is 17.2 Å². The lowest BCUT2D eigenvalue weighted by molar-refractivity contribution is 0.0749. The van der Waals surface area contributed by atoms with Gasteiger partial charge in [0, 0.05) is 19.0 Å². The number of hydrogen-bond donors (Lipinski definition) is 1. The number of aromatic nitrogens is 1. The fourth-order valence-electron chi connectivity index (χ4n) is 3.83. The maximum absolute atomic E-state index is 12.4. The van der Waals surface area contributed by atoms with Crippen LogP contribution in [0.25, 0.3) is 0 Å². The number of hydrogen-bond acceptors (Lipinski definition) is 4. The minimum Gasteiger partial charge on any atom is -0.340 e. The number of nitrogens with zero attached hydrogens (tertiary/aromatic N) is 2. The highest BCUT2D eigenvalue weighted by atomic mass is 32.1. The van der Waals surface area contributed by atoms with Gasteiger partial charge in [0.05, 0.1) is 6.04 Å². The normalized spacial score (nSPS) is 29.6. The Labute approximate surface area is 124 Å². The third kappa shape index (κ3) is 2.61. The van der Waals surface area contributed by atoms with Gasteiger partial charge in [-0.2, -0.15) is 0 Å². The first-order valence-corrected chi connectivity index (χ1v) is 8.39. The molecule has 4 unspecified atom stereocenters. The number of nitrogens with two attached hydrogens (primary N) is 1. The van der Waals surface area contributed by atoms with Gasteiger partial charge < -0.3 is 10.6 Å². The second kappa shape index (κ2) is 5.45. The SMILES string of the molecule is CC(N)c1nc(C(=O)N(C)CC2CC3CCC2C3)cs1. The zero-order valence-electron chi connectivity index (χ0n) is 12.2. The molecule has 4 nitrogen and oxygen atoms in total.